The van der Waals surface area contributed by atoms with Crippen LogP contribution in [-0.2, 0) is 16.1 Å². The molecule has 1 N–H and O–H groups in total. The van der Waals surface area contributed by atoms with E-state index in [9.17, 15) is 9.59 Å². The van der Waals surface area contributed by atoms with Gasteiger partial charge in [0, 0.05) is 11.2 Å². The van der Waals surface area contributed by atoms with E-state index in [4.69, 9.17) is 4.74 Å². The number of aryl methyl sites for hydroxylation is 1. The molecular weight excluding hydrogens is 466 g/mol. The first-order valence-corrected chi connectivity index (χ1v) is 12.4. The summed E-state index contributed by atoms with van der Waals surface area (Å²) in [5.41, 5.74) is 3.22. The molecule has 0 spiro atoms. The molecule has 8 nitrogen and oxygen atoms in total. The Morgan fingerprint density at radius 3 is 2.43 bits per heavy atom. The molecule has 0 fully saturated rings. The fourth-order valence-corrected chi connectivity index (χ4v) is 4.22. The molecule has 0 saturated heterocycles. The van der Waals surface area contributed by atoms with Gasteiger partial charge in [-0.25, -0.2) is 4.68 Å². The number of benzene rings is 3. The van der Waals surface area contributed by atoms with Crippen LogP contribution in [0.2, 0.25) is 0 Å². The average Bonchev–Trinajstić information content (AvgIpc) is 3.25. The summed E-state index contributed by atoms with van der Waals surface area (Å²) in [6.45, 7) is 10.1. The number of nitrogens with zero attached hydrogens (tertiary/aromatic N) is 4. The van der Waals surface area contributed by atoms with Crippen LogP contribution in [0.5, 0.6) is 5.75 Å². The van der Waals surface area contributed by atoms with E-state index in [1.807, 2.05) is 107 Å². The van der Waals surface area contributed by atoms with Gasteiger partial charge in [-0.3, -0.25) is 14.5 Å². The van der Waals surface area contributed by atoms with Crippen molar-refractivity contribution in [1.82, 2.24) is 20.3 Å². The topological polar surface area (TPSA) is 89.4 Å². The number of hydrogen-bond donors (Lipinski definition) is 1. The van der Waals surface area contributed by atoms with Gasteiger partial charge in [-0.2, -0.15) is 0 Å². The van der Waals surface area contributed by atoms with E-state index in [1.54, 1.807) is 9.58 Å². The number of hydrogen-bond acceptors (Lipinski definition) is 5. The molecule has 0 bridgehead atoms. The van der Waals surface area contributed by atoms with Crippen molar-refractivity contribution >= 4 is 28.5 Å². The smallest absolute Gasteiger partial charge is 0.249 e. The van der Waals surface area contributed by atoms with E-state index in [2.05, 4.69) is 15.6 Å². The van der Waals surface area contributed by atoms with Gasteiger partial charge in [0.2, 0.25) is 11.8 Å². The molecule has 0 aliphatic carbocycles. The summed E-state index contributed by atoms with van der Waals surface area (Å²) < 4.78 is 7.17. The normalized spacial score (nSPS) is 12.2. The van der Waals surface area contributed by atoms with Crippen LogP contribution in [0, 0.1) is 6.92 Å². The highest BCUT2D eigenvalue weighted by Gasteiger charge is 2.35. The summed E-state index contributed by atoms with van der Waals surface area (Å²) in [6.07, 6.45) is 0. The van der Waals surface area contributed by atoms with Crippen LogP contribution >= 0.6 is 0 Å². The number of amides is 2. The van der Waals surface area contributed by atoms with Gasteiger partial charge in [0.15, 0.2) is 0 Å². The molecule has 1 atom stereocenters. The first-order chi connectivity index (χ1) is 17.7. The van der Waals surface area contributed by atoms with Gasteiger partial charge in [0.1, 0.15) is 23.9 Å². The quantitative estimate of drug-likeness (QED) is 0.375. The van der Waals surface area contributed by atoms with Gasteiger partial charge in [-0.1, -0.05) is 41.6 Å². The van der Waals surface area contributed by atoms with Crippen LogP contribution in [0.15, 0.2) is 72.8 Å². The Labute approximate surface area is 217 Å². The highest BCUT2D eigenvalue weighted by atomic mass is 16.5. The van der Waals surface area contributed by atoms with Crippen LogP contribution in [0.25, 0.3) is 11.0 Å². The Hall–Kier alpha value is -4.20. The van der Waals surface area contributed by atoms with Crippen molar-refractivity contribution in [3.63, 3.8) is 0 Å². The summed E-state index contributed by atoms with van der Waals surface area (Å²) in [5.74, 6) is 0.128. The monoisotopic (exact) mass is 499 g/mol. The third kappa shape index (κ3) is 6.14. The molecule has 0 aliphatic heterocycles. The molecule has 0 aliphatic rings. The summed E-state index contributed by atoms with van der Waals surface area (Å²) in [7, 11) is 0. The van der Waals surface area contributed by atoms with Crippen molar-refractivity contribution in [3.05, 3.63) is 83.9 Å². The van der Waals surface area contributed by atoms with Crippen molar-refractivity contribution in [2.24, 2.45) is 0 Å². The van der Waals surface area contributed by atoms with Gasteiger partial charge < -0.3 is 10.1 Å². The molecule has 0 unspecified atom stereocenters. The first-order valence-electron chi connectivity index (χ1n) is 12.4. The molecule has 1 aromatic heterocycles. The number of anilines is 1. The highest BCUT2D eigenvalue weighted by molar-refractivity contribution is 6.01. The van der Waals surface area contributed by atoms with Crippen LogP contribution < -0.4 is 15.0 Å². The maximum Gasteiger partial charge on any atom is 0.249 e. The molecule has 2 amide bonds. The second-order valence-corrected chi connectivity index (χ2v) is 9.98. The fraction of sp³-hybridized carbons (Fsp3) is 0.310. The molecule has 1 heterocycles. The SMILES string of the molecule is CCOc1ccc([C@H](C(=O)NC(C)(C)C)N(C(=O)Cn2nnc3ccccc32)c2cccc(C)c2)cc1. The number of carbonyl (C=O) groups is 2. The predicted molar refractivity (Wildman–Crippen MR) is 144 cm³/mol. The second-order valence-electron chi connectivity index (χ2n) is 9.98. The standard InChI is InChI=1S/C29H33N5O3/c1-6-37-23-16-14-21(15-17-23)27(28(36)30-29(3,4)5)34(22-11-9-10-20(2)18-22)26(35)19-33-25-13-8-7-12-24(25)31-32-33/h7-18,27H,6,19H2,1-5H3,(H,30,36)/t27-/m1/s1. The summed E-state index contributed by atoms with van der Waals surface area (Å²) in [6, 6.07) is 21.4. The number of carbonyl (C=O) groups excluding carboxylic acids is 2. The first kappa shape index (κ1) is 25.9. The Morgan fingerprint density at radius 2 is 1.76 bits per heavy atom. The Morgan fingerprint density at radius 1 is 1.03 bits per heavy atom. The van der Waals surface area contributed by atoms with E-state index in [-0.39, 0.29) is 18.4 Å². The van der Waals surface area contributed by atoms with Gasteiger partial charge in [0.05, 0.1) is 12.1 Å². The molecule has 8 heteroatoms. The molecular formula is C29H33N5O3. The van der Waals surface area contributed by atoms with E-state index < -0.39 is 11.6 Å². The van der Waals surface area contributed by atoms with Gasteiger partial charge in [0.25, 0.3) is 0 Å². The Bertz CT molecular complexity index is 1390. The number of fused-ring (bicyclic) bond motifs is 1. The zero-order valence-corrected chi connectivity index (χ0v) is 21.9. The minimum absolute atomic E-state index is 0.0786. The van der Waals surface area contributed by atoms with Crippen LogP contribution in [0.4, 0.5) is 5.69 Å². The van der Waals surface area contributed by atoms with Crippen molar-refractivity contribution in [3.8, 4) is 5.75 Å². The summed E-state index contributed by atoms with van der Waals surface area (Å²) >= 11 is 0. The molecule has 0 saturated carbocycles. The lowest BCUT2D eigenvalue weighted by Crippen LogP contribution is -2.50. The molecule has 0 radical (unpaired) electrons. The summed E-state index contributed by atoms with van der Waals surface area (Å²) in [4.78, 5) is 29.4. The van der Waals surface area contributed by atoms with E-state index >= 15 is 0 Å². The predicted octanol–water partition coefficient (Wildman–Crippen LogP) is 4.83. The zero-order valence-electron chi connectivity index (χ0n) is 21.9. The molecule has 192 valence electrons. The number of ether oxygens (including phenoxy) is 1. The average molecular weight is 500 g/mol. The van der Waals surface area contributed by atoms with Crippen molar-refractivity contribution in [2.75, 3.05) is 11.5 Å². The lowest BCUT2D eigenvalue weighted by molar-refractivity contribution is -0.128. The molecule has 4 aromatic rings. The van der Waals surface area contributed by atoms with Crippen molar-refractivity contribution in [1.29, 1.82) is 0 Å². The van der Waals surface area contributed by atoms with Crippen LogP contribution in [0.1, 0.15) is 44.9 Å². The van der Waals surface area contributed by atoms with E-state index in [0.717, 1.165) is 11.1 Å². The van der Waals surface area contributed by atoms with Gasteiger partial charge in [-0.15, -0.1) is 5.10 Å². The maximum atomic E-state index is 14.1. The minimum Gasteiger partial charge on any atom is -0.494 e. The van der Waals surface area contributed by atoms with E-state index in [0.29, 0.717) is 29.1 Å². The minimum atomic E-state index is -0.918. The third-order valence-electron chi connectivity index (χ3n) is 5.77. The zero-order chi connectivity index (χ0) is 26.6. The van der Waals surface area contributed by atoms with E-state index in [1.165, 1.54) is 0 Å². The number of para-hydroxylation sites is 1. The van der Waals surface area contributed by atoms with Crippen molar-refractivity contribution < 1.29 is 14.3 Å². The highest BCUT2D eigenvalue weighted by Crippen LogP contribution is 2.31. The summed E-state index contributed by atoms with van der Waals surface area (Å²) in [5, 5.41) is 11.4. The van der Waals surface area contributed by atoms with Crippen LogP contribution in [-0.4, -0.2) is 39.0 Å². The molecule has 4 rings (SSSR count). The third-order valence-corrected chi connectivity index (χ3v) is 5.77. The van der Waals surface area contributed by atoms with Crippen LogP contribution in [0.3, 0.4) is 0 Å². The Balaban J connectivity index is 1.81. The van der Waals surface area contributed by atoms with Crippen molar-refractivity contribution in [2.45, 2.75) is 52.7 Å². The maximum absolute atomic E-state index is 14.1. The number of nitrogens with one attached hydrogen (secondary N) is 1. The second kappa shape index (κ2) is 10.8. The molecule has 3 aromatic carbocycles. The molecule has 37 heavy (non-hydrogen) atoms. The van der Waals surface area contributed by atoms with Gasteiger partial charge in [-0.05, 0) is 82.1 Å². The van der Waals surface area contributed by atoms with Gasteiger partial charge >= 0.3 is 0 Å². The number of rotatable bonds is 8. The lowest BCUT2D eigenvalue weighted by Gasteiger charge is -2.34. The number of aromatic nitrogens is 3. The fourth-order valence-electron chi connectivity index (χ4n) is 4.22. The Kier molecular flexibility index (Phi) is 7.57. The largest absolute Gasteiger partial charge is 0.494 e. The lowest BCUT2D eigenvalue weighted by atomic mass is 10.00.